The number of nitrogens with zero attached hydrogens (tertiary/aromatic N) is 1. The molecule has 0 saturated carbocycles. The second kappa shape index (κ2) is 7.94. The number of rotatable bonds is 6. The van der Waals surface area contributed by atoms with Gasteiger partial charge in [-0.3, -0.25) is 9.59 Å². The Labute approximate surface area is 133 Å². The summed E-state index contributed by atoms with van der Waals surface area (Å²) in [6, 6.07) is 7.59. The number of amides is 2. The molecule has 0 radical (unpaired) electrons. The highest BCUT2D eigenvalue weighted by atomic mass is 16.2. The van der Waals surface area contributed by atoms with Crippen LogP contribution in [0.25, 0.3) is 0 Å². The Bertz CT molecular complexity index is 509. The molecular formula is C17H28N3O2+. The molecule has 2 N–H and O–H groups in total. The lowest BCUT2D eigenvalue weighted by Crippen LogP contribution is -3.15. The van der Waals surface area contributed by atoms with Crippen molar-refractivity contribution < 1.29 is 14.5 Å². The van der Waals surface area contributed by atoms with Gasteiger partial charge < -0.3 is 15.1 Å². The zero-order valence-electron chi connectivity index (χ0n) is 14.4. The minimum Gasteiger partial charge on any atom is -0.344 e. The molecule has 0 fully saturated rings. The Morgan fingerprint density at radius 1 is 1.14 bits per heavy atom. The molecule has 1 rings (SSSR count). The van der Waals surface area contributed by atoms with Crippen molar-refractivity contribution in [2.75, 3.05) is 33.0 Å². The first-order chi connectivity index (χ1) is 10.2. The van der Waals surface area contributed by atoms with Gasteiger partial charge in [0.1, 0.15) is 0 Å². The average molecular weight is 306 g/mol. The van der Waals surface area contributed by atoms with Crippen LogP contribution < -0.4 is 10.2 Å². The summed E-state index contributed by atoms with van der Waals surface area (Å²) >= 11 is 0. The van der Waals surface area contributed by atoms with E-state index in [1.54, 1.807) is 19.0 Å². The van der Waals surface area contributed by atoms with E-state index in [-0.39, 0.29) is 17.9 Å². The van der Waals surface area contributed by atoms with E-state index in [4.69, 9.17) is 0 Å². The van der Waals surface area contributed by atoms with E-state index in [2.05, 4.69) is 19.2 Å². The molecule has 0 aliphatic heterocycles. The van der Waals surface area contributed by atoms with E-state index in [1.807, 2.05) is 38.2 Å². The monoisotopic (exact) mass is 306 g/mol. The highest BCUT2D eigenvalue weighted by Crippen LogP contribution is 2.17. The van der Waals surface area contributed by atoms with Gasteiger partial charge in [0.2, 0.25) is 0 Å². The van der Waals surface area contributed by atoms with Crippen LogP contribution in [0.15, 0.2) is 24.3 Å². The van der Waals surface area contributed by atoms with Gasteiger partial charge >= 0.3 is 0 Å². The first-order valence-electron chi connectivity index (χ1n) is 7.65. The van der Waals surface area contributed by atoms with Crippen LogP contribution in [0.2, 0.25) is 0 Å². The zero-order valence-corrected chi connectivity index (χ0v) is 14.4. The van der Waals surface area contributed by atoms with Gasteiger partial charge in [0, 0.05) is 19.8 Å². The van der Waals surface area contributed by atoms with E-state index >= 15 is 0 Å². The molecule has 0 aliphatic rings. The van der Waals surface area contributed by atoms with Gasteiger partial charge in [-0.05, 0) is 30.5 Å². The summed E-state index contributed by atoms with van der Waals surface area (Å²) in [6.45, 7) is 6.40. The number of carbonyl (C=O) groups is 2. The molecule has 0 bridgehead atoms. The second-order valence-electron chi connectivity index (χ2n) is 6.30. The molecule has 2 amide bonds. The fourth-order valence-corrected chi connectivity index (χ4v) is 1.98. The molecular weight excluding hydrogens is 278 g/mol. The van der Waals surface area contributed by atoms with Crippen molar-refractivity contribution in [3.8, 4) is 0 Å². The van der Waals surface area contributed by atoms with Crippen LogP contribution in [0.3, 0.4) is 0 Å². The molecule has 5 nitrogen and oxygen atoms in total. The van der Waals surface area contributed by atoms with Crippen molar-refractivity contribution in [2.24, 2.45) is 0 Å². The predicted molar refractivity (Wildman–Crippen MR) is 89.1 cm³/mol. The van der Waals surface area contributed by atoms with E-state index in [9.17, 15) is 9.59 Å². The first-order valence-corrected chi connectivity index (χ1v) is 7.65. The normalized spacial score (nSPS) is 13.6. The molecule has 1 aromatic carbocycles. The molecule has 22 heavy (non-hydrogen) atoms. The van der Waals surface area contributed by atoms with Gasteiger partial charge in [0.25, 0.3) is 11.8 Å². The summed E-state index contributed by atoms with van der Waals surface area (Å²) in [5.74, 6) is 0.399. The maximum atomic E-state index is 12.3. The number of quaternary nitrogens is 1. The average Bonchev–Trinajstić information content (AvgIpc) is 2.46. The molecule has 1 unspecified atom stereocenters. The summed E-state index contributed by atoms with van der Waals surface area (Å²) < 4.78 is 0. The van der Waals surface area contributed by atoms with E-state index in [1.165, 1.54) is 5.56 Å². The van der Waals surface area contributed by atoms with Crippen LogP contribution in [-0.4, -0.2) is 50.4 Å². The summed E-state index contributed by atoms with van der Waals surface area (Å²) in [5, 5.41) is 2.91. The van der Waals surface area contributed by atoms with Gasteiger partial charge in [-0.2, -0.15) is 0 Å². The smallest absolute Gasteiger partial charge is 0.282 e. The minimum atomic E-state index is -0.298. The molecule has 2 atom stereocenters. The Hall–Kier alpha value is -1.88. The lowest BCUT2D eigenvalue weighted by molar-refractivity contribution is -0.886. The van der Waals surface area contributed by atoms with Crippen molar-refractivity contribution in [1.82, 2.24) is 4.90 Å². The van der Waals surface area contributed by atoms with Crippen LogP contribution in [0.5, 0.6) is 0 Å². The predicted octanol–water partition coefficient (Wildman–Crippen LogP) is 0.740. The van der Waals surface area contributed by atoms with Crippen molar-refractivity contribution in [1.29, 1.82) is 0 Å². The Morgan fingerprint density at radius 2 is 1.68 bits per heavy atom. The van der Waals surface area contributed by atoms with Crippen LogP contribution in [0.4, 0.5) is 5.69 Å². The lowest BCUT2D eigenvalue weighted by Gasteiger charge is -2.22. The minimum absolute atomic E-state index is 0.0124. The van der Waals surface area contributed by atoms with Crippen LogP contribution >= 0.6 is 0 Å². The zero-order chi connectivity index (χ0) is 16.9. The van der Waals surface area contributed by atoms with Gasteiger partial charge in [-0.15, -0.1) is 0 Å². The Kier molecular flexibility index (Phi) is 6.56. The molecule has 0 aliphatic carbocycles. The topological polar surface area (TPSA) is 53.9 Å². The summed E-state index contributed by atoms with van der Waals surface area (Å²) in [5.41, 5.74) is 2.03. The summed E-state index contributed by atoms with van der Waals surface area (Å²) in [6.07, 6.45) is 0. The van der Waals surface area contributed by atoms with Gasteiger partial charge in [-0.1, -0.05) is 26.0 Å². The van der Waals surface area contributed by atoms with E-state index < -0.39 is 0 Å². The Balaban J connectivity index is 2.61. The number of anilines is 1. The fraction of sp³-hybridized carbons (Fsp3) is 0.529. The van der Waals surface area contributed by atoms with Crippen molar-refractivity contribution in [3.63, 3.8) is 0 Å². The maximum absolute atomic E-state index is 12.3. The van der Waals surface area contributed by atoms with E-state index in [0.29, 0.717) is 12.5 Å². The van der Waals surface area contributed by atoms with Crippen molar-refractivity contribution >= 4 is 17.5 Å². The second-order valence-corrected chi connectivity index (χ2v) is 6.30. The lowest BCUT2D eigenvalue weighted by atomic mass is 10.0. The molecule has 0 heterocycles. The number of hydrogen-bond donors (Lipinski definition) is 2. The SMILES string of the molecule is CC(C)c1ccc(NC(=O)[C@H](C)[NH+](C)CC(=O)N(C)C)cc1. The largest absolute Gasteiger partial charge is 0.344 e. The fourth-order valence-electron chi connectivity index (χ4n) is 1.98. The number of likely N-dealkylation sites (N-methyl/N-ethyl adjacent to an activating group) is 2. The quantitative estimate of drug-likeness (QED) is 0.814. The standard InChI is InChI=1S/C17H27N3O2/c1-12(2)14-7-9-15(10-8-14)18-17(22)13(3)20(6)11-16(21)19(4)5/h7-10,12-13H,11H2,1-6H3,(H,18,22)/p+1/t13-/m0/s1. The van der Waals surface area contributed by atoms with Gasteiger partial charge in [0.15, 0.2) is 12.6 Å². The van der Waals surface area contributed by atoms with Crippen LogP contribution in [0, 0.1) is 0 Å². The molecule has 0 aromatic heterocycles. The van der Waals surface area contributed by atoms with Gasteiger partial charge in [-0.25, -0.2) is 0 Å². The Morgan fingerprint density at radius 3 is 2.14 bits per heavy atom. The maximum Gasteiger partial charge on any atom is 0.282 e. The first kappa shape index (κ1) is 18.2. The highest BCUT2D eigenvalue weighted by molar-refractivity contribution is 5.93. The molecule has 122 valence electrons. The number of nitrogens with one attached hydrogen (secondary N) is 2. The molecule has 1 aromatic rings. The van der Waals surface area contributed by atoms with Crippen molar-refractivity contribution in [2.45, 2.75) is 32.7 Å². The third-order valence-corrected chi connectivity index (χ3v) is 3.91. The summed E-state index contributed by atoms with van der Waals surface area (Å²) in [4.78, 5) is 26.4. The number of carbonyl (C=O) groups excluding carboxylic acids is 2. The number of hydrogen-bond acceptors (Lipinski definition) is 2. The van der Waals surface area contributed by atoms with Crippen LogP contribution in [0.1, 0.15) is 32.3 Å². The molecule has 0 saturated heterocycles. The third-order valence-electron chi connectivity index (χ3n) is 3.91. The number of benzene rings is 1. The van der Waals surface area contributed by atoms with Gasteiger partial charge in [0.05, 0.1) is 7.05 Å². The van der Waals surface area contributed by atoms with E-state index in [0.717, 1.165) is 10.6 Å². The highest BCUT2D eigenvalue weighted by Gasteiger charge is 2.24. The summed E-state index contributed by atoms with van der Waals surface area (Å²) in [7, 11) is 5.29. The molecule has 5 heteroatoms. The van der Waals surface area contributed by atoms with Crippen LogP contribution in [-0.2, 0) is 9.59 Å². The third kappa shape index (κ3) is 5.15. The molecule has 0 spiro atoms. The van der Waals surface area contributed by atoms with Crippen molar-refractivity contribution in [3.05, 3.63) is 29.8 Å².